The second kappa shape index (κ2) is 17.6. The van der Waals surface area contributed by atoms with E-state index in [4.69, 9.17) is 4.74 Å². The smallest absolute Gasteiger partial charge is 0.334 e. The molecule has 9 atom stereocenters. The normalized spacial score (nSPS) is 29.7. The van der Waals surface area contributed by atoms with Crippen LogP contribution in [0.15, 0.2) is 59.8 Å². The quantitative estimate of drug-likeness (QED) is 0.245. The molecule has 0 spiro atoms. The van der Waals surface area contributed by atoms with E-state index in [1.54, 1.807) is 33.8 Å². The van der Waals surface area contributed by atoms with Crippen LogP contribution in [0.3, 0.4) is 0 Å². The van der Waals surface area contributed by atoms with Gasteiger partial charge in [-0.25, -0.2) is 4.79 Å². The lowest BCUT2D eigenvalue weighted by Gasteiger charge is -2.31. The highest BCUT2D eigenvalue weighted by atomic mass is 16.5. The van der Waals surface area contributed by atoms with Crippen LogP contribution in [0.4, 0.5) is 0 Å². The van der Waals surface area contributed by atoms with Gasteiger partial charge in [0.05, 0.1) is 24.4 Å². The van der Waals surface area contributed by atoms with Crippen molar-refractivity contribution in [1.29, 1.82) is 0 Å². The number of carbonyl (C=O) groups excluding carboxylic acids is 1. The molecule has 38 heavy (non-hydrogen) atoms. The molecule has 1 heterocycles. The lowest BCUT2D eigenvalue weighted by Crippen LogP contribution is -2.38. The van der Waals surface area contributed by atoms with Crippen LogP contribution in [0.5, 0.6) is 0 Å². The van der Waals surface area contributed by atoms with Crippen molar-refractivity contribution in [2.45, 2.75) is 111 Å². The number of hydrogen-bond donors (Lipinski definition) is 4. The number of ether oxygens (including phenoxy) is 1. The van der Waals surface area contributed by atoms with Gasteiger partial charge < -0.3 is 25.2 Å². The van der Waals surface area contributed by atoms with Crippen molar-refractivity contribution in [3.63, 3.8) is 0 Å². The predicted octanol–water partition coefficient (Wildman–Crippen LogP) is 5.43. The summed E-state index contributed by atoms with van der Waals surface area (Å²) in [7, 11) is 0. The van der Waals surface area contributed by atoms with Gasteiger partial charge in [0.2, 0.25) is 0 Å². The van der Waals surface area contributed by atoms with E-state index in [-0.39, 0.29) is 35.7 Å². The molecule has 0 aromatic carbocycles. The molecule has 6 nitrogen and oxygen atoms in total. The Morgan fingerprint density at radius 2 is 1.58 bits per heavy atom. The summed E-state index contributed by atoms with van der Waals surface area (Å²) in [6.07, 6.45) is 15.7. The van der Waals surface area contributed by atoms with Gasteiger partial charge in [-0.3, -0.25) is 0 Å². The third kappa shape index (κ3) is 12.2. The van der Waals surface area contributed by atoms with Crippen molar-refractivity contribution in [3.8, 4) is 0 Å². The van der Waals surface area contributed by atoms with E-state index < -0.39 is 24.4 Å². The van der Waals surface area contributed by atoms with Crippen molar-refractivity contribution in [2.75, 3.05) is 0 Å². The highest BCUT2D eigenvalue weighted by Gasteiger charge is 2.30. The first kappa shape index (κ1) is 34.0. The van der Waals surface area contributed by atoms with Crippen molar-refractivity contribution < 1.29 is 30.0 Å². The first-order valence-electron chi connectivity index (χ1n) is 14.1. The first-order valence-corrected chi connectivity index (χ1v) is 14.1. The summed E-state index contributed by atoms with van der Waals surface area (Å²) in [5.74, 6) is -1.22. The van der Waals surface area contributed by atoms with E-state index in [2.05, 4.69) is 6.08 Å². The summed E-state index contributed by atoms with van der Waals surface area (Å²) in [6, 6.07) is 0. The monoisotopic (exact) mass is 532 g/mol. The van der Waals surface area contributed by atoms with Gasteiger partial charge in [-0.05, 0) is 58.4 Å². The number of allylic oxidation sites excluding steroid dienone is 6. The minimum absolute atomic E-state index is 0.0175. The lowest BCUT2D eigenvalue weighted by atomic mass is 9.84. The maximum absolute atomic E-state index is 13.0. The molecular weight excluding hydrogens is 480 g/mol. The number of rotatable bonds is 8. The molecule has 0 aliphatic carbocycles. The van der Waals surface area contributed by atoms with Crippen LogP contribution in [0.25, 0.3) is 0 Å². The van der Waals surface area contributed by atoms with E-state index in [1.165, 1.54) is 0 Å². The second-order valence-electron chi connectivity index (χ2n) is 11.2. The molecule has 1 rings (SSSR count). The topological polar surface area (TPSA) is 107 Å². The number of esters is 1. The van der Waals surface area contributed by atoms with Gasteiger partial charge >= 0.3 is 5.97 Å². The Labute approximate surface area is 230 Å². The zero-order valence-corrected chi connectivity index (χ0v) is 24.5. The van der Waals surface area contributed by atoms with Gasteiger partial charge in [-0.15, -0.1) is 0 Å². The average molecular weight is 533 g/mol. The lowest BCUT2D eigenvalue weighted by molar-refractivity contribution is -0.146. The average Bonchev–Trinajstić information content (AvgIpc) is 2.87. The van der Waals surface area contributed by atoms with Crippen LogP contribution >= 0.6 is 0 Å². The van der Waals surface area contributed by atoms with E-state index in [0.29, 0.717) is 24.8 Å². The fourth-order valence-electron chi connectivity index (χ4n) is 4.53. The fourth-order valence-corrected chi connectivity index (χ4v) is 4.53. The minimum Gasteiger partial charge on any atom is -0.458 e. The summed E-state index contributed by atoms with van der Waals surface area (Å²) in [6.45, 7) is 12.8. The molecule has 0 radical (unpaired) electrons. The maximum Gasteiger partial charge on any atom is 0.334 e. The molecule has 0 aromatic rings. The molecule has 0 amide bonds. The first-order chi connectivity index (χ1) is 17.8. The molecule has 0 saturated heterocycles. The summed E-state index contributed by atoms with van der Waals surface area (Å²) >= 11 is 0. The van der Waals surface area contributed by atoms with Gasteiger partial charge in [0.15, 0.2) is 0 Å². The Morgan fingerprint density at radius 3 is 2.24 bits per heavy atom. The second-order valence-corrected chi connectivity index (χ2v) is 11.2. The predicted molar refractivity (Wildman–Crippen MR) is 154 cm³/mol. The number of cyclic esters (lactones) is 1. The van der Waals surface area contributed by atoms with E-state index >= 15 is 0 Å². The number of aliphatic hydroxyl groups is 4. The van der Waals surface area contributed by atoms with Gasteiger partial charge in [0, 0.05) is 29.7 Å². The van der Waals surface area contributed by atoms with Crippen molar-refractivity contribution >= 4 is 5.97 Å². The van der Waals surface area contributed by atoms with Gasteiger partial charge in [-0.1, -0.05) is 75.8 Å². The van der Waals surface area contributed by atoms with Crippen LogP contribution in [-0.4, -0.2) is 56.9 Å². The van der Waals surface area contributed by atoms with Crippen molar-refractivity contribution in [1.82, 2.24) is 0 Å². The van der Waals surface area contributed by atoms with Gasteiger partial charge in [-0.2, -0.15) is 0 Å². The van der Waals surface area contributed by atoms with Crippen LogP contribution in [-0.2, 0) is 9.53 Å². The molecule has 4 N–H and O–H groups in total. The largest absolute Gasteiger partial charge is 0.458 e. The van der Waals surface area contributed by atoms with Gasteiger partial charge in [0.1, 0.15) is 6.10 Å². The maximum atomic E-state index is 13.0. The molecule has 6 heteroatoms. The molecular formula is C32H52O6. The van der Waals surface area contributed by atoms with E-state index in [0.717, 1.165) is 18.4 Å². The Balaban J connectivity index is 3.01. The summed E-state index contributed by atoms with van der Waals surface area (Å²) < 4.78 is 5.94. The van der Waals surface area contributed by atoms with Crippen LogP contribution in [0, 0.1) is 23.7 Å². The van der Waals surface area contributed by atoms with Gasteiger partial charge in [0.25, 0.3) is 0 Å². The van der Waals surface area contributed by atoms with Crippen LogP contribution in [0.1, 0.15) is 80.6 Å². The molecule has 1 aliphatic heterocycles. The molecule has 0 saturated carbocycles. The number of aliphatic hydroxyl groups excluding tert-OH is 4. The van der Waals surface area contributed by atoms with Crippen molar-refractivity contribution in [2.24, 2.45) is 23.7 Å². The Hall–Kier alpha value is -1.99. The third-order valence-corrected chi connectivity index (χ3v) is 7.67. The molecule has 5 unspecified atom stereocenters. The standard InChI is InChI=1S/C32H52O6/c1-21-19-23(3)28(34)15-13-11-9-8-10-12-14-16-30(38-32(37)24(4)20-21)22(2)17-18-29(35)26(6)31(36)25(5)27(7)33/h8,10,12-15,19-20,22-23,25-31,33-36H,9,11,16-18H2,1-7H3/b10-8+,14-12+,15-13+,21-19?,24-20?/t22-,23+,25?,26?,27?,28-,29?,30-,31?/m0/s1. The highest BCUT2D eigenvalue weighted by molar-refractivity contribution is 5.88. The molecule has 0 bridgehead atoms. The fraction of sp³-hybridized carbons (Fsp3) is 0.656. The zero-order chi connectivity index (χ0) is 28.8. The molecule has 1 aliphatic rings. The highest BCUT2D eigenvalue weighted by Crippen LogP contribution is 2.26. The van der Waals surface area contributed by atoms with Crippen LogP contribution in [0.2, 0.25) is 0 Å². The summed E-state index contributed by atoms with van der Waals surface area (Å²) in [5, 5.41) is 41.4. The SMILES string of the molecule is CC1=C[C@@H](C)[C@@H](O)/C=C/CC/C=C/C=C/C[C@@H]([C@@H](C)CCC(O)C(C)C(O)C(C)C(C)O)OC(=O)C(C)=C1. The zero-order valence-electron chi connectivity index (χ0n) is 24.5. The minimum atomic E-state index is -0.813. The van der Waals surface area contributed by atoms with E-state index in [1.807, 2.05) is 57.2 Å². The Morgan fingerprint density at radius 1 is 0.947 bits per heavy atom. The van der Waals surface area contributed by atoms with Crippen molar-refractivity contribution in [3.05, 3.63) is 59.8 Å². The molecule has 0 fully saturated rings. The number of hydrogen-bond acceptors (Lipinski definition) is 6. The summed E-state index contributed by atoms with van der Waals surface area (Å²) in [5.41, 5.74) is 1.37. The Kier molecular flexibility index (Phi) is 15.7. The van der Waals surface area contributed by atoms with E-state index in [9.17, 15) is 25.2 Å². The summed E-state index contributed by atoms with van der Waals surface area (Å²) in [4.78, 5) is 13.0. The third-order valence-electron chi connectivity index (χ3n) is 7.67. The number of carbonyl (C=O) groups is 1. The molecule has 216 valence electrons. The Bertz CT molecular complexity index is 852. The van der Waals surface area contributed by atoms with Crippen LogP contribution < -0.4 is 0 Å². The molecule has 0 aromatic heterocycles.